The second kappa shape index (κ2) is 37.0. The molecule has 0 aliphatic rings. The number of H-pyrrole nitrogens is 1. The number of amides is 12. The number of benzene rings is 4. The van der Waals surface area contributed by atoms with Gasteiger partial charge in [0.2, 0.25) is 53.2 Å². The number of carbonyl (C=O) groups is 11. The number of likely N-dealkylation sites (N-methyl/N-ethyl adjacent to an activating group) is 1. The molecule has 0 aliphatic carbocycles. The molecule has 0 fully saturated rings. The maximum atomic E-state index is 14.5. The standard InChI is InChI=1S/C63H86N18O13/c1-35(2)25-49(61(93)81(3)51(19-12-24-70-62(68)69)60(92)73-44(54(67)86)27-36-13-6-4-7-14-36)78-63(94)80-79-59(91)46(28-37-15-8-5-9-16-37)74-58(90)50(34-82)77-57(89)48(31-53(66)85)76-56(88)47(29-39-32-71-43-18-11-10-17-42(39)43)75-55(87)45(30-52(65)84)72-33-40(64)26-38-20-22-41(83)23-21-38/h4-11,13-18,20-23,32,35,40,44-51,71-72,82-83H,12,19,24-31,33-34,64H2,1-3H3,(H2,65,84)(H2,66,85)(H2,67,86)(H,73,92)(H,74,90)(H,75,87)(H,76,88)(H,77,89)(H,79,91)(H4,68,69,70)(H2,78,80,94)/t40-,44-,45-,46-,47+,48-,49-,50-,51-/m0/s1. The minimum Gasteiger partial charge on any atom is -0.508 e. The summed E-state index contributed by atoms with van der Waals surface area (Å²) < 4.78 is 0. The van der Waals surface area contributed by atoms with Gasteiger partial charge in [-0.05, 0) is 72.1 Å². The van der Waals surface area contributed by atoms with E-state index in [1.54, 1.807) is 117 Å². The van der Waals surface area contributed by atoms with Crippen LogP contribution in [0.1, 0.15) is 68.2 Å². The molecule has 31 nitrogen and oxygen atoms in total. The molecular formula is C63H86N18O13. The van der Waals surface area contributed by atoms with Crippen LogP contribution in [-0.4, -0.2) is 172 Å². The number of aromatic hydroxyl groups is 1. The molecule has 24 N–H and O–H groups in total. The molecule has 0 saturated carbocycles. The first-order valence-electron chi connectivity index (χ1n) is 30.3. The van der Waals surface area contributed by atoms with Crippen molar-refractivity contribution in [3.8, 4) is 5.75 Å². The van der Waals surface area contributed by atoms with Crippen molar-refractivity contribution in [1.82, 2.24) is 58.0 Å². The van der Waals surface area contributed by atoms with E-state index in [4.69, 9.17) is 34.4 Å². The number of aromatic amines is 1. The largest absolute Gasteiger partial charge is 0.508 e. The summed E-state index contributed by atoms with van der Waals surface area (Å²) in [5.41, 5.74) is 41.8. The average Bonchev–Trinajstić information content (AvgIpc) is 1.76. The lowest BCUT2D eigenvalue weighted by Crippen LogP contribution is -2.62. The molecule has 31 heteroatoms. The number of guanidine groups is 1. The minimum atomic E-state index is -1.88. The van der Waals surface area contributed by atoms with E-state index in [0.717, 1.165) is 10.5 Å². The van der Waals surface area contributed by atoms with Crippen molar-refractivity contribution in [2.24, 2.45) is 45.3 Å². The van der Waals surface area contributed by atoms with Gasteiger partial charge in [-0.25, -0.2) is 10.2 Å². The van der Waals surface area contributed by atoms with Crippen LogP contribution in [0.15, 0.2) is 120 Å². The number of primary amides is 3. The van der Waals surface area contributed by atoms with E-state index in [-0.39, 0.29) is 69.2 Å². The summed E-state index contributed by atoms with van der Waals surface area (Å²) in [6, 6.07) is 16.7. The van der Waals surface area contributed by atoms with Crippen molar-refractivity contribution in [3.63, 3.8) is 0 Å². The molecule has 12 amide bonds. The van der Waals surface area contributed by atoms with E-state index in [1.807, 2.05) is 0 Å². The highest BCUT2D eigenvalue weighted by Crippen LogP contribution is 2.21. The second-order valence-corrected chi connectivity index (χ2v) is 22.9. The van der Waals surface area contributed by atoms with E-state index in [9.17, 15) is 63.0 Å². The number of phenols is 1. The van der Waals surface area contributed by atoms with Crippen LogP contribution in [0.4, 0.5) is 4.79 Å². The zero-order chi connectivity index (χ0) is 69.0. The highest BCUT2D eigenvalue weighted by Gasteiger charge is 2.37. The number of nitrogens with one attached hydrogen (secondary N) is 10. The number of hydrogen-bond acceptors (Lipinski definition) is 16. The SMILES string of the molecule is CC(C)C[C@H](NC(=O)NNC(=O)[C@H](Cc1ccccc1)NC(=O)[C@H](CO)NC(=O)[C@H](CC(N)=O)NC(=O)[C@@H](Cc1c[nH]c2ccccc12)NC(=O)[C@H](CC(N)=O)NC[C@@H](N)Cc1ccc(O)cc1)C(=O)N(C)[C@@H](CCCN=C(N)N)C(=O)N[C@@H](Cc1ccccc1)C(N)=O. The first-order chi connectivity index (χ1) is 44.7. The molecule has 9 atom stereocenters. The molecule has 1 heterocycles. The van der Waals surface area contributed by atoms with Crippen molar-refractivity contribution in [3.05, 3.63) is 138 Å². The van der Waals surface area contributed by atoms with Crippen molar-refractivity contribution in [1.29, 1.82) is 0 Å². The van der Waals surface area contributed by atoms with Crippen molar-refractivity contribution in [2.75, 3.05) is 26.7 Å². The summed E-state index contributed by atoms with van der Waals surface area (Å²) in [6.07, 6.45) is 0.291. The van der Waals surface area contributed by atoms with Gasteiger partial charge in [-0.15, -0.1) is 0 Å². The lowest BCUT2D eigenvalue weighted by atomic mass is 10.0. The Balaban J connectivity index is 1.31. The molecular weight excluding hydrogens is 1220 g/mol. The topological polar surface area (TPSA) is 524 Å². The number of para-hydroxylation sites is 1. The molecule has 4 aromatic carbocycles. The van der Waals surface area contributed by atoms with E-state index in [0.29, 0.717) is 34.0 Å². The molecule has 0 unspecified atom stereocenters. The van der Waals surface area contributed by atoms with Crippen molar-refractivity contribution >= 4 is 82.0 Å². The number of fused-ring (bicyclic) bond motifs is 1. The number of carbonyl (C=O) groups excluding carboxylic acids is 11. The predicted molar refractivity (Wildman–Crippen MR) is 347 cm³/mol. The van der Waals surface area contributed by atoms with Crippen LogP contribution in [0.25, 0.3) is 10.9 Å². The molecule has 506 valence electrons. The Hall–Kier alpha value is -10.7. The number of hydrogen-bond donors (Lipinski definition) is 18. The summed E-state index contributed by atoms with van der Waals surface area (Å²) in [7, 11) is 1.34. The summed E-state index contributed by atoms with van der Waals surface area (Å²) in [5.74, 6) is -9.99. The van der Waals surface area contributed by atoms with Gasteiger partial charge in [-0.1, -0.05) is 105 Å². The summed E-state index contributed by atoms with van der Waals surface area (Å²) in [5, 5.41) is 38.8. The Labute approximate surface area is 542 Å². The maximum Gasteiger partial charge on any atom is 0.334 e. The van der Waals surface area contributed by atoms with Gasteiger partial charge in [0, 0.05) is 62.5 Å². The molecule has 0 bridgehead atoms. The summed E-state index contributed by atoms with van der Waals surface area (Å²) in [6.45, 7) is 2.49. The third-order valence-electron chi connectivity index (χ3n) is 14.9. The van der Waals surface area contributed by atoms with Crippen molar-refractivity contribution < 1.29 is 63.0 Å². The van der Waals surface area contributed by atoms with E-state index >= 15 is 0 Å². The van der Waals surface area contributed by atoms with Gasteiger partial charge in [-0.3, -0.25) is 58.4 Å². The zero-order valence-electron chi connectivity index (χ0n) is 52.5. The van der Waals surface area contributed by atoms with Crippen LogP contribution in [0.5, 0.6) is 5.75 Å². The molecule has 1 aromatic heterocycles. The zero-order valence-corrected chi connectivity index (χ0v) is 52.5. The molecule has 0 spiro atoms. The molecule has 0 aliphatic heterocycles. The van der Waals surface area contributed by atoms with Gasteiger partial charge in [0.05, 0.1) is 25.5 Å². The Morgan fingerprint density at radius 2 is 1.06 bits per heavy atom. The van der Waals surface area contributed by atoms with E-state index < -0.39 is 139 Å². The van der Waals surface area contributed by atoms with Gasteiger partial charge in [-0.2, -0.15) is 0 Å². The van der Waals surface area contributed by atoms with Crippen LogP contribution in [0.2, 0.25) is 0 Å². The number of aliphatic hydroxyl groups excluding tert-OH is 1. The summed E-state index contributed by atoms with van der Waals surface area (Å²) in [4.78, 5) is 159. The number of nitrogens with two attached hydrogens (primary N) is 6. The normalized spacial score (nSPS) is 13.9. The fraction of sp³-hybridized carbons (Fsp3) is 0.397. The van der Waals surface area contributed by atoms with E-state index in [1.165, 1.54) is 19.2 Å². The van der Waals surface area contributed by atoms with Crippen LogP contribution in [-0.2, 0) is 73.6 Å². The smallest absolute Gasteiger partial charge is 0.334 e. The third-order valence-corrected chi connectivity index (χ3v) is 14.9. The highest BCUT2D eigenvalue weighted by atomic mass is 16.3. The second-order valence-electron chi connectivity index (χ2n) is 22.9. The van der Waals surface area contributed by atoms with Gasteiger partial charge < -0.3 is 91.7 Å². The average molecular weight is 1300 g/mol. The number of aliphatic hydroxyl groups is 1. The lowest BCUT2D eigenvalue weighted by molar-refractivity contribution is -0.141. The van der Waals surface area contributed by atoms with Crippen LogP contribution in [0, 0.1) is 5.92 Å². The van der Waals surface area contributed by atoms with Gasteiger partial charge in [0.1, 0.15) is 48.0 Å². The number of aromatic nitrogens is 1. The van der Waals surface area contributed by atoms with Crippen LogP contribution in [0.3, 0.4) is 0 Å². The number of nitrogens with zero attached hydrogens (tertiary/aromatic N) is 2. The molecule has 0 saturated heterocycles. The number of urea groups is 1. The quantitative estimate of drug-likeness (QED) is 0.00802. The first kappa shape index (κ1) is 74.1. The monoisotopic (exact) mass is 1300 g/mol. The molecule has 0 radical (unpaired) electrons. The minimum absolute atomic E-state index is 0.00335. The van der Waals surface area contributed by atoms with Gasteiger partial charge in [0.15, 0.2) is 5.96 Å². The Morgan fingerprint density at radius 1 is 0.553 bits per heavy atom. The van der Waals surface area contributed by atoms with Crippen LogP contribution >= 0.6 is 0 Å². The molecule has 5 rings (SSSR count). The Bertz CT molecular complexity index is 3420. The number of rotatable bonds is 37. The Kier molecular flexibility index (Phi) is 29.2. The van der Waals surface area contributed by atoms with Gasteiger partial charge in [0.25, 0.3) is 5.91 Å². The number of hydrazine groups is 1. The molecule has 5 aromatic rings. The lowest BCUT2D eigenvalue weighted by Gasteiger charge is -2.32. The van der Waals surface area contributed by atoms with Crippen molar-refractivity contribution in [2.45, 2.75) is 126 Å². The third kappa shape index (κ3) is 24.5. The fourth-order valence-electron chi connectivity index (χ4n) is 10.1. The number of phenolic OH excluding ortho intramolecular Hbond substituents is 1. The maximum absolute atomic E-state index is 14.5. The number of aliphatic imine (C=N–C) groups is 1. The Morgan fingerprint density at radius 3 is 1.65 bits per heavy atom. The summed E-state index contributed by atoms with van der Waals surface area (Å²) >= 11 is 0. The van der Waals surface area contributed by atoms with Gasteiger partial charge >= 0.3 is 6.03 Å². The fourth-order valence-corrected chi connectivity index (χ4v) is 10.1. The predicted octanol–water partition coefficient (Wildman–Crippen LogP) is -3.29. The highest BCUT2D eigenvalue weighted by molar-refractivity contribution is 5.99. The molecule has 94 heavy (non-hydrogen) atoms. The first-order valence-corrected chi connectivity index (χ1v) is 30.3. The van der Waals surface area contributed by atoms with E-state index in [2.05, 4.69) is 58.0 Å². The van der Waals surface area contributed by atoms with Crippen LogP contribution < -0.4 is 82.5 Å².